The molecular weight excluding hydrogens is 371 g/mol. The highest BCUT2D eigenvalue weighted by Gasteiger charge is 2.20. The Labute approximate surface area is 167 Å². The zero-order chi connectivity index (χ0) is 20.5. The third-order valence-electron chi connectivity index (χ3n) is 4.72. The van der Waals surface area contributed by atoms with Crippen molar-refractivity contribution in [2.45, 2.75) is 20.3 Å². The molecule has 3 aromatic heterocycles. The maximum absolute atomic E-state index is 13.3. The Bertz CT molecular complexity index is 1160. The summed E-state index contributed by atoms with van der Waals surface area (Å²) < 4.78 is 22.5. The van der Waals surface area contributed by atoms with Crippen LogP contribution >= 0.6 is 0 Å². The third kappa shape index (κ3) is 3.61. The summed E-state index contributed by atoms with van der Waals surface area (Å²) in [5.41, 5.74) is 5.07. The van der Waals surface area contributed by atoms with E-state index in [-0.39, 0.29) is 5.82 Å². The number of aryl methyl sites for hydroxylation is 3. The minimum absolute atomic E-state index is 0.290. The van der Waals surface area contributed by atoms with Crippen molar-refractivity contribution < 1.29 is 9.13 Å². The maximum Gasteiger partial charge on any atom is 0.168 e. The quantitative estimate of drug-likeness (QED) is 0.520. The van der Waals surface area contributed by atoms with Gasteiger partial charge in [0.05, 0.1) is 24.2 Å². The second-order valence-corrected chi connectivity index (χ2v) is 6.84. The molecule has 0 radical (unpaired) electrons. The first-order valence-electron chi connectivity index (χ1n) is 9.16. The molecule has 0 aliphatic carbocycles. The Morgan fingerprint density at radius 1 is 1.03 bits per heavy atom. The zero-order valence-corrected chi connectivity index (χ0v) is 16.7. The van der Waals surface area contributed by atoms with E-state index in [1.807, 2.05) is 33.0 Å². The van der Waals surface area contributed by atoms with E-state index >= 15 is 0 Å². The lowest BCUT2D eigenvalue weighted by Crippen LogP contribution is -2.06. The van der Waals surface area contributed by atoms with Crippen LogP contribution in [-0.2, 0) is 13.5 Å². The fraction of sp³-hybridized carbons (Fsp3) is 0.238. The van der Waals surface area contributed by atoms with E-state index in [9.17, 15) is 4.39 Å². The first kappa shape index (κ1) is 18.8. The molecule has 148 valence electrons. The molecule has 3 heterocycles. The highest BCUT2D eigenvalue weighted by Crippen LogP contribution is 2.33. The van der Waals surface area contributed by atoms with Crippen molar-refractivity contribution in [2.75, 3.05) is 7.11 Å². The first-order chi connectivity index (χ1) is 14.0. The summed E-state index contributed by atoms with van der Waals surface area (Å²) in [5, 5.41) is 9.07. The summed E-state index contributed by atoms with van der Waals surface area (Å²) in [6, 6.07) is 10.1. The number of hydrogen-bond donors (Lipinski definition) is 0. The van der Waals surface area contributed by atoms with Gasteiger partial charge in [0.2, 0.25) is 0 Å². The molecular formula is C21H21FN6O. The molecule has 0 atom stereocenters. The van der Waals surface area contributed by atoms with Crippen molar-refractivity contribution in [3.63, 3.8) is 0 Å². The summed E-state index contributed by atoms with van der Waals surface area (Å²) in [5.74, 6) is 1.06. The molecule has 1 aromatic carbocycles. The lowest BCUT2D eigenvalue weighted by atomic mass is 10.1. The van der Waals surface area contributed by atoms with Crippen molar-refractivity contribution >= 4 is 0 Å². The monoisotopic (exact) mass is 392 g/mol. The molecule has 0 saturated heterocycles. The highest BCUT2D eigenvalue weighted by molar-refractivity contribution is 5.68. The van der Waals surface area contributed by atoms with Gasteiger partial charge >= 0.3 is 0 Å². The van der Waals surface area contributed by atoms with Gasteiger partial charge in [0.15, 0.2) is 11.6 Å². The average molecular weight is 392 g/mol. The maximum atomic E-state index is 13.3. The van der Waals surface area contributed by atoms with E-state index in [1.54, 1.807) is 28.6 Å². The SMILES string of the molecule is COc1c(-c2ccc(F)cc2)nn(C)c1Cc1cc(-n2nc(C)cc2C)ncn1. The first-order valence-corrected chi connectivity index (χ1v) is 9.16. The fourth-order valence-corrected chi connectivity index (χ4v) is 3.38. The smallest absolute Gasteiger partial charge is 0.168 e. The van der Waals surface area contributed by atoms with Crippen LogP contribution in [0.5, 0.6) is 5.75 Å². The van der Waals surface area contributed by atoms with Crippen molar-refractivity contribution in [3.8, 4) is 22.8 Å². The lowest BCUT2D eigenvalue weighted by Gasteiger charge is -2.08. The standard InChI is InChI=1S/C21H21FN6O/c1-13-9-14(2)28(25-13)19-11-17(23-12-24-19)10-18-21(29-4)20(26-27(18)3)15-5-7-16(22)8-6-15/h5-9,11-12H,10H2,1-4H3. The molecule has 0 amide bonds. The zero-order valence-electron chi connectivity index (χ0n) is 16.7. The highest BCUT2D eigenvalue weighted by atomic mass is 19.1. The number of ether oxygens (including phenoxy) is 1. The molecule has 0 bridgehead atoms. The van der Waals surface area contributed by atoms with Gasteiger partial charge in [-0.2, -0.15) is 10.2 Å². The van der Waals surface area contributed by atoms with E-state index in [0.29, 0.717) is 23.7 Å². The Morgan fingerprint density at radius 2 is 1.79 bits per heavy atom. The molecule has 4 aromatic rings. The van der Waals surface area contributed by atoms with Crippen LogP contribution in [-0.4, -0.2) is 36.6 Å². The molecule has 0 unspecified atom stereocenters. The average Bonchev–Trinajstić information content (AvgIpc) is 3.21. The van der Waals surface area contributed by atoms with E-state index in [0.717, 1.165) is 28.3 Å². The Hall–Kier alpha value is -3.55. The van der Waals surface area contributed by atoms with Crippen LogP contribution < -0.4 is 4.74 Å². The molecule has 8 heteroatoms. The summed E-state index contributed by atoms with van der Waals surface area (Å²) in [6.07, 6.45) is 2.04. The Balaban J connectivity index is 1.71. The Kier molecular flexibility index (Phi) is 4.84. The molecule has 4 rings (SSSR count). The van der Waals surface area contributed by atoms with Crippen molar-refractivity contribution in [3.05, 3.63) is 71.3 Å². The van der Waals surface area contributed by atoms with Crippen LogP contribution in [0.15, 0.2) is 42.7 Å². The number of rotatable bonds is 5. The van der Waals surface area contributed by atoms with Gasteiger partial charge < -0.3 is 4.74 Å². The van der Waals surface area contributed by atoms with E-state index in [1.165, 1.54) is 18.5 Å². The summed E-state index contributed by atoms with van der Waals surface area (Å²) >= 11 is 0. The second-order valence-electron chi connectivity index (χ2n) is 6.84. The fourth-order valence-electron chi connectivity index (χ4n) is 3.38. The molecule has 0 N–H and O–H groups in total. The van der Waals surface area contributed by atoms with E-state index in [4.69, 9.17) is 4.74 Å². The molecule has 0 aliphatic rings. The topological polar surface area (TPSA) is 70.7 Å². The van der Waals surface area contributed by atoms with Crippen LogP contribution in [0.3, 0.4) is 0 Å². The van der Waals surface area contributed by atoms with Gasteiger partial charge in [-0.1, -0.05) is 0 Å². The van der Waals surface area contributed by atoms with Crippen LogP contribution in [0.2, 0.25) is 0 Å². The molecule has 0 spiro atoms. The van der Waals surface area contributed by atoms with Crippen LogP contribution in [0.1, 0.15) is 22.8 Å². The number of hydrogen-bond acceptors (Lipinski definition) is 5. The van der Waals surface area contributed by atoms with Crippen molar-refractivity contribution in [2.24, 2.45) is 7.05 Å². The molecule has 0 fully saturated rings. The minimum Gasteiger partial charge on any atom is -0.492 e. The summed E-state index contributed by atoms with van der Waals surface area (Å²) in [6.45, 7) is 3.93. The number of halogens is 1. The predicted molar refractivity (Wildman–Crippen MR) is 107 cm³/mol. The molecule has 0 aliphatic heterocycles. The molecule has 0 saturated carbocycles. The van der Waals surface area contributed by atoms with Gasteiger partial charge in [-0.05, 0) is 44.2 Å². The van der Waals surface area contributed by atoms with Gasteiger partial charge in [-0.15, -0.1) is 0 Å². The second kappa shape index (κ2) is 7.46. The lowest BCUT2D eigenvalue weighted by molar-refractivity contribution is 0.410. The van der Waals surface area contributed by atoms with Gasteiger partial charge in [0.1, 0.15) is 17.8 Å². The number of benzene rings is 1. The molecule has 29 heavy (non-hydrogen) atoms. The van der Waals surface area contributed by atoms with Crippen LogP contribution in [0.25, 0.3) is 17.1 Å². The summed E-state index contributed by atoms with van der Waals surface area (Å²) in [7, 11) is 3.46. The van der Waals surface area contributed by atoms with Gasteiger partial charge in [0, 0.05) is 30.8 Å². The predicted octanol–water partition coefficient (Wildman–Crippen LogP) is 3.42. The Morgan fingerprint density at radius 3 is 2.45 bits per heavy atom. The molecule has 7 nitrogen and oxygen atoms in total. The van der Waals surface area contributed by atoms with E-state index < -0.39 is 0 Å². The van der Waals surface area contributed by atoms with Crippen LogP contribution in [0, 0.1) is 19.7 Å². The van der Waals surface area contributed by atoms with Gasteiger partial charge in [-0.25, -0.2) is 19.0 Å². The number of nitrogens with zero attached hydrogens (tertiary/aromatic N) is 6. The minimum atomic E-state index is -0.290. The van der Waals surface area contributed by atoms with Crippen LogP contribution in [0.4, 0.5) is 4.39 Å². The largest absolute Gasteiger partial charge is 0.492 e. The van der Waals surface area contributed by atoms with E-state index in [2.05, 4.69) is 20.2 Å². The normalized spacial score (nSPS) is 11.1. The van der Waals surface area contributed by atoms with Crippen molar-refractivity contribution in [1.29, 1.82) is 0 Å². The van der Waals surface area contributed by atoms with Gasteiger partial charge in [0.25, 0.3) is 0 Å². The third-order valence-corrected chi connectivity index (χ3v) is 4.72. The number of methoxy groups -OCH3 is 1. The number of aromatic nitrogens is 6. The summed E-state index contributed by atoms with van der Waals surface area (Å²) in [4.78, 5) is 8.76. The van der Waals surface area contributed by atoms with Crippen molar-refractivity contribution in [1.82, 2.24) is 29.5 Å². The van der Waals surface area contributed by atoms with Gasteiger partial charge in [-0.3, -0.25) is 4.68 Å².